The molecular formula is C14H25N3. The minimum absolute atomic E-state index is 0.755. The molecule has 1 heterocycles. The largest absolute Gasteiger partial charge is 0.314 e. The van der Waals surface area contributed by atoms with Gasteiger partial charge in [0.2, 0.25) is 0 Å². The Kier molecular flexibility index (Phi) is 4.60. The standard InChI is InChI=1S/C14H25N3/c1-3-15-14-7-5-4-6-13(14)9-8-12-10-16-17(2)11-12/h10-11,13-15H,3-9H2,1-2H3. The van der Waals surface area contributed by atoms with Crippen molar-refractivity contribution < 1.29 is 0 Å². The van der Waals surface area contributed by atoms with E-state index in [1.165, 1.54) is 44.1 Å². The van der Waals surface area contributed by atoms with Gasteiger partial charge in [0.25, 0.3) is 0 Å². The molecule has 1 aromatic heterocycles. The van der Waals surface area contributed by atoms with Gasteiger partial charge in [0.15, 0.2) is 0 Å². The fourth-order valence-electron chi connectivity index (χ4n) is 3.04. The number of nitrogens with one attached hydrogen (secondary N) is 1. The first kappa shape index (κ1) is 12.6. The van der Waals surface area contributed by atoms with Gasteiger partial charge in [-0.3, -0.25) is 4.68 Å². The third kappa shape index (κ3) is 3.56. The molecule has 0 amide bonds. The molecule has 1 aliphatic rings. The highest BCUT2D eigenvalue weighted by Gasteiger charge is 2.23. The van der Waals surface area contributed by atoms with E-state index < -0.39 is 0 Å². The molecule has 3 heteroatoms. The van der Waals surface area contributed by atoms with Gasteiger partial charge in [-0.15, -0.1) is 0 Å². The van der Waals surface area contributed by atoms with E-state index in [-0.39, 0.29) is 0 Å². The highest BCUT2D eigenvalue weighted by molar-refractivity contribution is 5.04. The van der Waals surface area contributed by atoms with E-state index in [0.29, 0.717) is 0 Å². The summed E-state index contributed by atoms with van der Waals surface area (Å²) < 4.78 is 1.90. The highest BCUT2D eigenvalue weighted by Crippen LogP contribution is 2.28. The van der Waals surface area contributed by atoms with Crippen LogP contribution in [0.1, 0.15) is 44.6 Å². The van der Waals surface area contributed by atoms with E-state index in [1.807, 2.05) is 17.9 Å². The fraction of sp³-hybridized carbons (Fsp3) is 0.786. The average molecular weight is 235 g/mol. The summed E-state index contributed by atoms with van der Waals surface area (Å²) in [6, 6.07) is 0.755. The first-order valence-corrected chi connectivity index (χ1v) is 7.00. The van der Waals surface area contributed by atoms with Crippen LogP contribution >= 0.6 is 0 Å². The second-order valence-electron chi connectivity index (χ2n) is 5.27. The smallest absolute Gasteiger partial charge is 0.0521 e. The zero-order valence-corrected chi connectivity index (χ0v) is 11.2. The first-order valence-electron chi connectivity index (χ1n) is 7.00. The maximum Gasteiger partial charge on any atom is 0.0521 e. The van der Waals surface area contributed by atoms with Crippen molar-refractivity contribution in [3.63, 3.8) is 0 Å². The van der Waals surface area contributed by atoms with Gasteiger partial charge in [-0.25, -0.2) is 0 Å². The summed E-state index contributed by atoms with van der Waals surface area (Å²) in [7, 11) is 1.99. The van der Waals surface area contributed by atoms with Crippen molar-refractivity contribution in [2.75, 3.05) is 6.54 Å². The SMILES string of the molecule is CCNC1CCCCC1CCc1cnn(C)c1. The number of aromatic nitrogens is 2. The van der Waals surface area contributed by atoms with Gasteiger partial charge in [-0.1, -0.05) is 19.8 Å². The topological polar surface area (TPSA) is 29.9 Å². The lowest BCUT2D eigenvalue weighted by Crippen LogP contribution is -2.38. The molecule has 0 bridgehead atoms. The molecule has 1 fully saturated rings. The number of hydrogen-bond donors (Lipinski definition) is 1. The molecule has 0 spiro atoms. The third-order valence-electron chi connectivity index (χ3n) is 3.94. The van der Waals surface area contributed by atoms with Gasteiger partial charge in [0, 0.05) is 19.3 Å². The van der Waals surface area contributed by atoms with Crippen LogP contribution in [0.15, 0.2) is 12.4 Å². The molecular weight excluding hydrogens is 210 g/mol. The van der Waals surface area contributed by atoms with Gasteiger partial charge in [0.05, 0.1) is 6.20 Å². The quantitative estimate of drug-likeness (QED) is 0.850. The second-order valence-corrected chi connectivity index (χ2v) is 5.27. The van der Waals surface area contributed by atoms with Crippen LogP contribution in [0.2, 0.25) is 0 Å². The van der Waals surface area contributed by atoms with Crippen molar-refractivity contribution in [1.82, 2.24) is 15.1 Å². The molecule has 3 nitrogen and oxygen atoms in total. The summed E-state index contributed by atoms with van der Waals surface area (Å²) in [6.45, 7) is 3.32. The predicted octanol–water partition coefficient (Wildman–Crippen LogP) is 2.52. The lowest BCUT2D eigenvalue weighted by Gasteiger charge is -2.32. The van der Waals surface area contributed by atoms with Crippen molar-refractivity contribution in [2.45, 2.75) is 51.5 Å². The molecule has 1 saturated carbocycles. The molecule has 1 N–H and O–H groups in total. The predicted molar refractivity (Wildman–Crippen MR) is 71.0 cm³/mol. The average Bonchev–Trinajstić information content (AvgIpc) is 2.74. The van der Waals surface area contributed by atoms with E-state index >= 15 is 0 Å². The molecule has 2 atom stereocenters. The normalized spacial score (nSPS) is 25.1. The van der Waals surface area contributed by atoms with Crippen molar-refractivity contribution >= 4 is 0 Å². The maximum atomic E-state index is 4.24. The summed E-state index contributed by atoms with van der Waals surface area (Å²) in [4.78, 5) is 0. The van der Waals surface area contributed by atoms with Crippen molar-refractivity contribution in [1.29, 1.82) is 0 Å². The monoisotopic (exact) mass is 235 g/mol. The number of aryl methyl sites for hydroxylation is 2. The zero-order valence-electron chi connectivity index (χ0n) is 11.2. The Labute approximate surface area is 105 Å². The molecule has 2 unspecified atom stereocenters. The maximum absolute atomic E-state index is 4.24. The van der Waals surface area contributed by atoms with Gasteiger partial charge in [-0.05, 0) is 43.7 Å². The molecule has 1 aromatic rings. The number of rotatable bonds is 5. The molecule has 2 rings (SSSR count). The van der Waals surface area contributed by atoms with Crippen molar-refractivity contribution in [2.24, 2.45) is 13.0 Å². The lowest BCUT2D eigenvalue weighted by atomic mass is 9.81. The van der Waals surface area contributed by atoms with Gasteiger partial charge in [0.1, 0.15) is 0 Å². The van der Waals surface area contributed by atoms with Crippen LogP contribution in [-0.4, -0.2) is 22.4 Å². The van der Waals surface area contributed by atoms with E-state index in [1.54, 1.807) is 0 Å². The lowest BCUT2D eigenvalue weighted by molar-refractivity contribution is 0.252. The van der Waals surface area contributed by atoms with Crippen LogP contribution in [-0.2, 0) is 13.5 Å². The van der Waals surface area contributed by atoms with Gasteiger partial charge in [-0.2, -0.15) is 5.10 Å². The molecule has 1 aliphatic carbocycles. The fourth-order valence-corrected chi connectivity index (χ4v) is 3.04. The number of hydrogen-bond acceptors (Lipinski definition) is 2. The molecule has 96 valence electrons. The minimum Gasteiger partial charge on any atom is -0.314 e. The van der Waals surface area contributed by atoms with Crippen LogP contribution < -0.4 is 5.32 Å². The van der Waals surface area contributed by atoms with Crippen molar-refractivity contribution in [3.8, 4) is 0 Å². The Morgan fingerprint density at radius 2 is 2.24 bits per heavy atom. The summed E-state index contributed by atoms with van der Waals surface area (Å²) in [5, 5.41) is 7.89. The zero-order chi connectivity index (χ0) is 12.1. The summed E-state index contributed by atoms with van der Waals surface area (Å²) in [5.74, 6) is 0.865. The van der Waals surface area contributed by atoms with E-state index in [2.05, 4.69) is 23.5 Å². The van der Waals surface area contributed by atoms with E-state index in [0.717, 1.165) is 18.5 Å². The van der Waals surface area contributed by atoms with Crippen LogP contribution in [0.25, 0.3) is 0 Å². The van der Waals surface area contributed by atoms with Gasteiger partial charge >= 0.3 is 0 Å². The number of nitrogens with zero attached hydrogens (tertiary/aromatic N) is 2. The first-order chi connectivity index (χ1) is 8.29. The Morgan fingerprint density at radius 1 is 1.41 bits per heavy atom. The Morgan fingerprint density at radius 3 is 2.94 bits per heavy atom. The second kappa shape index (κ2) is 6.20. The Hall–Kier alpha value is -0.830. The van der Waals surface area contributed by atoms with Crippen LogP contribution in [0.5, 0.6) is 0 Å². The molecule has 0 saturated heterocycles. The van der Waals surface area contributed by atoms with Gasteiger partial charge < -0.3 is 5.32 Å². The Bertz CT molecular complexity index is 330. The molecule has 0 aliphatic heterocycles. The molecule has 17 heavy (non-hydrogen) atoms. The molecule has 0 aromatic carbocycles. The Balaban J connectivity index is 1.83. The van der Waals surface area contributed by atoms with Crippen LogP contribution in [0, 0.1) is 5.92 Å². The summed E-state index contributed by atoms with van der Waals surface area (Å²) in [6.07, 6.45) is 12.2. The minimum atomic E-state index is 0.755. The van der Waals surface area contributed by atoms with Crippen molar-refractivity contribution in [3.05, 3.63) is 18.0 Å². The molecule has 0 radical (unpaired) electrons. The summed E-state index contributed by atoms with van der Waals surface area (Å²) in [5.41, 5.74) is 1.38. The van der Waals surface area contributed by atoms with Crippen LogP contribution in [0.3, 0.4) is 0 Å². The summed E-state index contributed by atoms with van der Waals surface area (Å²) >= 11 is 0. The van der Waals surface area contributed by atoms with Crippen LogP contribution in [0.4, 0.5) is 0 Å². The third-order valence-corrected chi connectivity index (χ3v) is 3.94. The highest BCUT2D eigenvalue weighted by atomic mass is 15.2. The van der Waals surface area contributed by atoms with E-state index in [9.17, 15) is 0 Å². The van der Waals surface area contributed by atoms with E-state index in [4.69, 9.17) is 0 Å².